The molecule has 0 aliphatic carbocycles. The maximum Gasteiger partial charge on any atom is 0.122 e. The molecular formula is C25H36O2. The summed E-state index contributed by atoms with van der Waals surface area (Å²) in [5.41, 5.74) is 1.35. The molecule has 0 atom stereocenters. The normalized spacial score (nSPS) is 11.1. The second-order valence-electron chi connectivity index (χ2n) is 6.54. The van der Waals surface area contributed by atoms with E-state index in [1.165, 1.54) is 50.4 Å². The van der Waals surface area contributed by atoms with Gasteiger partial charge in [0.2, 0.25) is 0 Å². The Morgan fingerprint density at radius 2 is 1.59 bits per heavy atom. The highest BCUT2D eigenvalue weighted by Gasteiger charge is 1.98. The molecule has 0 spiro atoms. The molecule has 0 amide bonds. The number of rotatable bonds is 17. The SMILES string of the molecule is C=CC/C=C\C/C=C\CCCCCCCc1cccc(OCCOC=C)c1. The van der Waals surface area contributed by atoms with Crippen LogP contribution in [0.3, 0.4) is 0 Å². The van der Waals surface area contributed by atoms with Crippen molar-refractivity contribution >= 4 is 0 Å². The lowest BCUT2D eigenvalue weighted by atomic mass is 10.0. The molecular weight excluding hydrogens is 332 g/mol. The highest BCUT2D eigenvalue weighted by Crippen LogP contribution is 2.16. The first-order valence-electron chi connectivity index (χ1n) is 10.2. The van der Waals surface area contributed by atoms with Gasteiger partial charge in [0, 0.05) is 0 Å². The van der Waals surface area contributed by atoms with Crippen LogP contribution < -0.4 is 4.74 Å². The quantitative estimate of drug-likeness (QED) is 0.165. The average Bonchev–Trinajstić information content (AvgIpc) is 2.69. The van der Waals surface area contributed by atoms with Gasteiger partial charge in [0.05, 0.1) is 6.26 Å². The summed E-state index contributed by atoms with van der Waals surface area (Å²) in [5.74, 6) is 0.922. The van der Waals surface area contributed by atoms with E-state index in [1.54, 1.807) is 0 Å². The van der Waals surface area contributed by atoms with Crippen molar-refractivity contribution in [1.29, 1.82) is 0 Å². The predicted molar refractivity (Wildman–Crippen MR) is 117 cm³/mol. The minimum Gasteiger partial charge on any atom is -0.498 e. The maximum absolute atomic E-state index is 5.68. The lowest BCUT2D eigenvalue weighted by Gasteiger charge is -2.08. The second kappa shape index (κ2) is 17.2. The van der Waals surface area contributed by atoms with E-state index >= 15 is 0 Å². The molecule has 0 saturated carbocycles. The number of allylic oxidation sites excluding steroid dienone is 5. The Morgan fingerprint density at radius 1 is 0.815 bits per heavy atom. The van der Waals surface area contributed by atoms with Gasteiger partial charge in [-0.2, -0.15) is 0 Å². The average molecular weight is 369 g/mol. The summed E-state index contributed by atoms with van der Waals surface area (Å²) >= 11 is 0. The van der Waals surface area contributed by atoms with E-state index in [4.69, 9.17) is 9.47 Å². The molecule has 0 heterocycles. The third-order valence-corrected chi connectivity index (χ3v) is 4.23. The van der Waals surface area contributed by atoms with Gasteiger partial charge in [0.1, 0.15) is 19.0 Å². The molecule has 1 aromatic carbocycles. The summed E-state index contributed by atoms with van der Waals surface area (Å²) < 4.78 is 10.7. The highest BCUT2D eigenvalue weighted by atomic mass is 16.5. The smallest absolute Gasteiger partial charge is 0.122 e. The minimum atomic E-state index is 0.537. The fraction of sp³-hybridized carbons (Fsp3) is 0.440. The topological polar surface area (TPSA) is 18.5 Å². The summed E-state index contributed by atoms with van der Waals surface area (Å²) in [6, 6.07) is 8.39. The van der Waals surface area contributed by atoms with Crippen LogP contribution in [-0.4, -0.2) is 13.2 Å². The molecule has 2 heteroatoms. The summed E-state index contributed by atoms with van der Waals surface area (Å²) in [6.45, 7) is 8.31. The van der Waals surface area contributed by atoms with Crippen molar-refractivity contribution in [2.24, 2.45) is 0 Å². The Balaban J connectivity index is 2.02. The largest absolute Gasteiger partial charge is 0.498 e. The third kappa shape index (κ3) is 13.6. The van der Waals surface area contributed by atoms with Crippen LogP contribution in [0.25, 0.3) is 0 Å². The Hall–Kier alpha value is -2.22. The Morgan fingerprint density at radius 3 is 2.44 bits per heavy atom. The van der Waals surface area contributed by atoms with Gasteiger partial charge in [0.15, 0.2) is 0 Å². The molecule has 0 aliphatic rings. The van der Waals surface area contributed by atoms with Gasteiger partial charge < -0.3 is 9.47 Å². The highest BCUT2D eigenvalue weighted by molar-refractivity contribution is 5.28. The van der Waals surface area contributed by atoms with Crippen molar-refractivity contribution in [2.75, 3.05) is 13.2 Å². The first-order chi connectivity index (χ1) is 13.4. The third-order valence-electron chi connectivity index (χ3n) is 4.23. The van der Waals surface area contributed by atoms with Crippen molar-refractivity contribution in [1.82, 2.24) is 0 Å². The van der Waals surface area contributed by atoms with Crippen LogP contribution >= 0.6 is 0 Å². The molecule has 148 valence electrons. The summed E-state index contributed by atoms with van der Waals surface area (Å²) in [4.78, 5) is 0. The molecule has 0 bridgehead atoms. The maximum atomic E-state index is 5.68. The van der Waals surface area contributed by atoms with Crippen molar-refractivity contribution in [3.05, 3.63) is 79.6 Å². The van der Waals surface area contributed by atoms with Crippen LogP contribution in [0.1, 0.15) is 56.9 Å². The standard InChI is InChI=1S/C25H36O2/c1-3-5-6-7-8-9-10-11-12-13-14-15-16-18-24-19-17-20-25(23-24)27-22-21-26-4-2/h3-4,6-7,9-10,17,19-20,23H,1-2,5,8,11-16,18,21-22H2/b7-6-,10-9-. The van der Waals surface area contributed by atoms with E-state index in [-0.39, 0.29) is 0 Å². The molecule has 0 saturated heterocycles. The van der Waals surface area contributed by atoms with E-state index in [2.05, 4.69) is 55.7 Å². The van der Waals surface area contributed by atoms with Crippen molar-refractivity contribution in [3.8, 4) is 5.75 Å². The van der Waals surface area contributed by atoms with Crippen LogP contribution in [0.15, 0.2) is 74.1 Å². The van der Waals surface area contributed by atoms with Crippen LogP contribution in [-0.2, 0) is 11.2 Å². The zero-order valence-electron chi connectivity index (χ0n) is 16.8. The summed E-state index contributed by atoms with van der Waals surface area (Å²) in [7, 11) is 0. The number of hydrogen-bond donors (Lipinski definition) is 0. The predicted octanol–water partition coefficient (Wildman–Crippen LogP) is 7.19. The first-order valence-corrected chi connectivity index (χ1v) is 10.2. The zero-order chi connectivity index (χ0) is 19.4. The van der Waals surface area contributed by atoms with Crippen LogP contribution in [0.5, 0.6) is 5.75 Å². The monoisotopic (exact) mass is 368 g/mol. The van der Waals surface area contributed by atoms with Gasteiger partial charge >= 0.3 is 0 Å². The molecule has 1 aromatic rings. The minimum absolute atomic E-state index is 0.537. The first kappa shape index (κ1) is 22.8. The fourth-order valence-corrected chi connectivity index (χ4v) is 2.78. The van der Waals surface area contributed by atoms with Crippen LogP contribution in [0, 0.1) is 0 Å². The van der Waals surface area contributed by atoms with Gasteiger partial charge in [-0.25, -0.2) is 0 Å². The van der Waals surface area contributed by atoms with E-state index in [0.29, 0.717) is 13.2 Å². The number of aryl methyl sites for hydroxylation is 1. The number of hydrogen-bond acceptors (Lipinski definition) is 2. The van der Waals surface area contributed by atoms with E-state index in [0.717, 1.165) is 25.0 Å². The number of benzene rings is 1. The molecule has 27 heavy (non-hydrogen) atoms. The molecule has 0 radical (unpaired) electrons. The van der Waals surface area contributed by atoms with Crippen LogP contribution in [0.4, 0.5) is 0 Å². The number of ether oxygens (including phenoxy) is 2. The molecule has 0 fully saturated rings. The van der Waals surface area contributed by atoms with Gasteiger partial charge in [-0.15, -0.1) is 6.58 Å². The molecule has 0 N–H and O–H groups in total. The lowest BCUT2D eigenvalue weighted by Crippen LogP contribution is -2.03. The molecule has 0 unspecified atom stereocenters. The van der Waals surface area contributed by atoms with Gasteiger partial charge in [0.25, 0.3) is 0 Å². The van der Waals surface area contributed by atoms with Gasteiger partial charge in [-0.05, 0) is 56.2 Å². The zero-order valence-corrected chi connectivity index (χ0v) is 16.8. The number of unbranched alkanes of at least 4 members (excludes halogenated alkanes) is 5. The summed E-state index contributed by atoms with van der Waals surface area (Å²) in [6.07, 6.45) is 23.1. The van der Waals surface area contributed by atoms with Crippen LogP contribution in [0.2, 0.25) is 0 Å². The van der Waals surface area contributed by atoms with E-state index in [1.807, 2.05) is 12.1 Å². The van der Waals surface area contributed by atoms with E-state index < -0.39 is 0 Å². The lowest BCUT2D eigenvalue weighted by molar-refractivity contribution is 0.179. The Bertz CT molecular complexity index is 557. The summed E-state index contributed by atoms with van der Waals surface area (Å²) in [5, 5.41) is 0. The van der Waals surface area contributed by atoms with E-state index in [9.17, 15) is 0 Å². The van der Waals surface area contributed by atoms with Gasteiger partial charge in [-0.3, -0.25) is 0 Å². The molecule has 0 aliphatic heterocycles. The van der Waals surface area contributed by atoms with Crippen molar-refractivity contribution in [3.63, 3.8) is 0 Å². The van der Waals surface area contributed by atoms with Crippen molar-refractivity contribution < 1.29 is 9.47 Å². The Labute approximate surface area is 166 Å². The van der Waals surface area contributed by atoms with Crippen molar-refractivity contribution in [2.45, 2.75) is 57.8 Å². The second-order valence-corrected chi connectivity index (χ2v) is 6.54. The molecule has 0 aromatic heterocycles. The van der Waals surface area contributed by atoms with Gasteiger partial charge in [-0.1, -0.05) is 68.4 Å². The molecule has 2 nitrogen and oxygen atoms in total. The fourth-order valence-electron chi connectivity index (χ4n) is 2.78. The Kier molecular flexibility index (Phi) is 14.5. The molecule has 1 rings (SSSR count).